The van der Waals surface area contributed by atoms with Crippen molar-refractivity contribution in [2.75, 3.05) is 4.31 Å². The summed E-state index contributed by atoms with van der Waals surface area (Å²) >= 11 is -2.35. The predicted octanol–water partition coefficient (Wildman–Crippen LogP) is 3.65. The van der Waals surface area contributed by atoms with E-state index in [2.05, 4.69) is 4.98 Å². The van der Waals surface area contributed by atoms with Gasteiger partial charge in [-0.05, 0) is 35.4 Å². The lowest BCUT2D eigenvalue weighted by Crippen LogP contribution is -2.21. The summed E-state index contributed by atoms with van der Waals surface area (Å²) in [4.78, 5) is 15.0. The van der Waals surface area contributed by atoms with Crippen molar-refractivity contribution in [3.63, 3.8) is 0 Å². The molecular formula is C19H16N2O4S. The van der Waals surface area contributed by atoms with Crippen LogP contribution >= 0.6 is 0 Å². The zero-order chi connectivity index (χ0) is 18.5. The summed E-state index contributed by atoms with van der Waals surface area (Å²) in [6.45, 7) is 0. The number of carboxylic acid groups (broad SMARTS) is 1. The second kappa shape index (κ2) is 7.90. The van der Waals surface area contributed by atoms with E-state index in [-0.39, 0.29) is 12.2 Å². The smallest absolute Gasteiger partial charge is 0.309 e. The van der Waals surface area contributed by atoms with Crippen molar-refractivity contribution in [3.8, 4) is 11.1 Å². The number of anilines is 2. The van der Waals surface area contributed by atoms with Crippen LogP contribution in [0.15, 0.2) is 72.8 Å². The molecule has 1 unspecified atom stereocenters. The number of carbonyl (C=O) groups is 1. The maximum absolute atomic E-state index is 11.9. The average molecular weight is 368 g/mol. The molecule has 0 aliphatic heterocycles. The summed E-state index contributed by atoms with van der Waals surface area (Å²) in [7, 11) is 0. The monoisotopic (exact) mass is 368 g/mol. The van der Waals surface area contributed by atoms with Crippen LogP contribution in [0.1, 0.15) is 5.69 Å². The molecule has 6 nitrogen and oxygen atoms in total. The van der Waals surface area contributed by atoms with Crippen LogP contribution in [0, 0.1) is 0 Å². The molecule has 0 fully saturated rings. The number of nitrogens with zero attached hydrogens (tertiary/aromatic N) is 2. The van der Waals surface area contributed by atoms with Gasteiger partial charge in [0.2, 0.25) is 0 Å². The van der Waals surface area contributed by atoms with Gasteiger partial charge in [-0.2, -0.15) is 0 Å². The molecule has 7 heteroatoms. The van der Waals surface area contributed by atoms with Gasteiger partial charge in [0.05, 0.1) is 17.8 Å². The van der Waals surface area contributed by atoms with E-state index in [1.165, 1.54) is 0 Å². The highest BCUT2D eigenvalue weighted by atomic mass is 32.2. The summed E-state index contributed by atoms with van der Waals surface area (Å²) < 4.78 is 22.7. The fourth-order valence-electron chi connectivity index (χ4n) is 2.56. The molecule has 26 heavy (non-hydrogen) atoms. The first kappa shape index (κ1) is 17.8. The minimum absolute atomic E-state index is 0.206. The van der Waals surface area contributed by atoms with Crippen LogP contribution in [-0.2, 0) is 22.5 Å². The van der Waals surface area contributed by atoms with Crippen molar-refractivity contribution in [1.29, 1.82) is 0 Å². The second-order valence-corrected chi connectivity index (χ2v) is 6.32. The highest BCUT2D eigenvalue weighted by Gasteiger charge is 2.17. The summed E-state index contributed by atoms with van der Waals surface area (Å²) in [5, 5.41) is 8.90. The van der Waals surface area contributed by atoms with Gasteiger partial charge < -0.3 is 5.11 Å². The Kier molecular flexibility index (Phi) is 5.40. The van der Waals surface area contributed by atoms with E-state index >= 15 is 0 Å². The number of hydrogen-bond acceptors (Lipinski definition) is 3. The third-order valence-corrected chi connectivity index (χ3v) is 4.41. The maximum atomic E-state index is 11.9. The minimum atomic E-state index is -2.35. The van der Waals surface area contributed by atoms with Crippen LogP contribution in [0.2, 0.25) is 0 Å². The van der Waals surface area contributed by atoms with Gasteiger partial charge >= 0.3 is 5.97 Å². The molecule has 0 bridgehead atoms. The molecule has 1 heterocycles. The highest BCUT2D eigenvalue weighted by Crippen LogP contribution is 2.28. The van der Waals surface area contributed by atoms with Crippen LogP contribution in [0.3, 0.4) is 0 Å². The number of benzene rings is 2. The molecule has 1 atom stereocenters. The van der Waals surface area contributed by atoms with Gasteiger partial charge in [0, 0.05) is 0 Å². The fourth-order valence-corrected chi connectivity index (χ4v) is 3.12. The molecule has 2 aromatic carbocycles. The number of pyridine rings is 1. The molecule has 1 aromatic heterocycles. The Morgan fingerprint density at radius 3 is 2.19 bits per heavy atom. The second-order valence-electron chi connectivity index (χ2n) is 5.50. The highest BCUT2D eigenvalue weighted by molar-refractivity contribution is 7.81. The van der Waals surface area contributed by atoms with E-state index in [0.717, 1.165) is 15.4 Å². The number of rotatable bonds is 6. The van der Waals surface area contributed by atoms with E-state index in [1.54, 1.807) is 30.3 Å². The third kappa shape index (κ3) is 4.14. The lowest BCUT2D eigenvalue weighted by Gasteiger charge is -2.19. The zero-order valence-corrected chi connectivity index (χ0v) is 14.5. The van der Waals surface area contributed by atoms with E-state index in [0.29, 0.717) is 11.4 Å². The van der Waals surface area contributed by atoms with Crippen molar-refractivity contribution < 1.29 is 18.7 Å². The van der Waals surface area contributed by atoms with Crippen molar-refractivity contribution >= 4 is 28.7 Å². The van der Waals surface area contributed by atoms with E-state index < -0.39 is 17.2 Å². The lowest BCUT2D eigenvalue weighted by molar-refractivity contribution is -0.136. The van der Waals surface area contributed by atoms with Crippen molar-refractivity contribution in [2.45, 2.75) is 6.42 Å². The fraction of sp³-hybridized carbons (Fsp3) is 0.0526. The van der Waals surface area contributed by atoms with Gasteiger partial charge in [-0.15, -0.1) is 0 Å². The molecule has 0 saturated heterocycles. The molecule has 0 radical (unpaired) electrons. The summed E-state index contributed by atoms with van der Waals surface area (Å²) in [6, 6.07) is 21.7. The Labute approximate surface area is 153 Å². The van der Waals surface area contributed by atoms with Crippen LogP contribution in [0.25, 0.3) is 11.1 Å². The largest absolute Gasteiger partial charge is 0.481 e. The van der Waals surface area contributed by atoms with E-state index in [1.807, 2.05) is 42.5 Å². The molecule has 0 saturated carbocycles. The van der Waals surface area contributed by atoms with Crippen molar-refractivity contribution in [2.24, 2.45) is 0 Å². The van der Waals surface area contributed by atoms with Crippen LogP contribution in [0.4, 0.5) is 11.5 Å². The van der Waals surface area contributed by atoms with Crippen LogP contribution in [0.5, 0.6) is 0 Å². The van der Waals surface area contributed by atoms with Gasteiger partial charge in [-0.1, -0.05) is 48.5 Å². The van der Waals surface area contributed by atoms with Gasteiger partial charge in [-0.25, -0.2) is 13.5 Å². The summed E-state index contributed by atoms with van der Waals surface area (Å²) in [6.07, 6.45) is -0.257. The van der Waals surface area contributed by atoms with Crippen molar-refractivity contribution in [3.05, 3.63) is 78.5 Å². The maximum Gasteiger partial charge on any atom is 0.309 e. The molecule has 0 spiro atoms. The molecule has 0 amide bonds. The first-order valence-corrected chi connectivity index (χ1v) is 8.85. The van der Waals surface area contributed by atoms with E-state index in [9.17, 15) is 13.6 Å². The van der Waals surface area contributed by atoms with Crippen molar-refractivity contribution in [1.82, 2.24) is 4.98 Å². The number of aliphatic carboxylic acids is 1. The molecule has 0 aliphatic rings. The standard InChI is InChI=1S/C19H16N2O4S/c22-19(23)13-16-7-4-8-18(20-16)21(26(24)25)17-11-9-15(10-12-17)14-5-2-1-3-6-14/h1-12H,13H2,(H,22,23)(H,24,25). The normalized spacial score (nSPS) is 11.7. The first-order chi connectivity index (χ1) is 12.5. The van der Waals surface area contributed by atoms with Gasteiger partial charge in [-0.3, -0.25) is 9.35 Å². The summed E-state index contributed by atoms with van der Waals surface area (Å²) in [5.74, 6) is -0.810. The molecule has 3 rings (SSSR count). The number of carboxylic acids is 1. The number of aromatic nitrogens is 1. The van der Waals surface area contributed by atoms with Gasteiger partial charge in [0.1, 0.15) is 5.82 Å². The lowest BCUT2D eigenvalue weighted by atomic mass is 10.1. The van der Waals surface area contributed by atoms with Gasteiger partial charge in [0.15, 0.2) is 0 Å². The Bertz CT molecular complexity index is 930. The molecule has 3 aromatic rings. The van der Waals surface area contributed by atoms with E-state index in [4.69, 9.17) is 5.11 Å². The molecule has 0 aliphatic carbocycles. The Morgan fingerprint density at radius 2 is 1.58 bits per heavy atom. The minimum Gasteiger partial charge on any atom is -0.481 e. The van der Waals surface area contributed by atoms with Crippen LogP contribution in [-0.4, -0.2) is 24.8 Å². The topological polar surface area (TPSA) is 90.7 Å². The molecule has 132 valence electrons. The number of hydrogen-bond donors (Lipinski definition) is 2. The predicted molar refractivity (Wildman–Crippen MR) is 100 cm³/mol. The summed E-state index contributed by atoms with van der Waals surface area (Å²) in [5.41, 5.74) is 2.81. The van der Waals surface area contributed by atoms with Gasteiger partial charge in [0.25, 0.3) is 11.3 Å². The average Bonchev–Trinajstić information content (AvgIpc) is 2.63. The Balaban J connectivity index is 1.94. The zero-order valence-electron chi connectivity index (χ0n) is 13.6. The SMILES string of the molecule is O=C(O)Cc1cccc(N(c2ccc(-c3ccccc3)cc2)S(=O)O)n1. The Hall–Kier alpha value is -3.03. The molecule has 2 N–H and O–H groups in total. The molecular weight excluding hydrogens is 352 g/mol. The quantitative estimate of drug-likeness (QED) is 0.648. The third-order valence-electron chi connectivity index (χ3n) is 3.70. The van der Waals surface area contributed by atoms with Crippen LogP contribution < -0.4 is 4.31 Å². The Morgan fingerprint density at radius 1 is 0.923 bits per heavy atom. The first-order valence-electron chi connectivity index (χ1n) is 7.79.